The molecule has 0 bridgehead atoms. The van der Waals surface area contributed by atoms with Gasteiger partial charge in [-0.25, -0.2) is 4.79 Å². The summed E-state index contributed by atoms with van der Waals surface area (Å²) in [6, 6.07) is 0. The van der Waals surface area contributed by atoms with E-state index in [-0.39, 0.29) is 0 Å². The standard InChI is InChI=1S/C9H16O3/c1-3-4-6-12-7-5-8(2)9(10)11/h5H,3-4,6-7H2,1-2H3,(H,10,11)/b8-5+. The molecule has 0 spiro atoms. The summed E-state index contributed by atoms with van der Waals surface area (Å²) in [5.74, 6) is -0.880. The molecule has 0 atom stereocenters. The van der Waals surface area contributed by atoms with Crippen LogP contribution in [0.2, 0.25) is 0 Å². The Morgan fingerprint density at radius 3 is 2.75 bits per heavy atom. The van der Waals surface area contributed by atoms with Crippen LogP contribution in [0.4, 0.5) is 0 Å². The Morgan fingerprint density at radius 2 is 2.25 bits per heavy atom. The molecule has 1 N–H and O–H groups in total. The van der Waals surface area contributed by atoms with Gasteiger partial charge >= 0.3 is 5.97 Å². The van der Waals surface area contributed by atoms with E-state index >= 15 is 0 Å². The van der Waals surface area contributed by atoms with Crippen LogP contribution in [0.15, 0.2) is 11.6 Å². The fourth-order valence-corrected chi connectivity index (χ4v) is 0.601. The van der Waals surface area contributed by atoms with Crippen LogP contribution in [0.3, 0.4) is 0 Å². The number of carbonyl (C=O) groups is 1. The lowest BCUT2D eigenvalue weighted by Gasteiger charge is -1.98. The van der Waals surface area contributed by atoms with E-state index in [1.165, 1.54) is 0 Å². The zero-order valence-corrected chi connectivity index (χ0v) is 7.67. The third-order valence-electron chi connectivity index (χ3n) is 1.49. The molecule has 0 aromatic rings. The zero-order valence-electron chi connectivity index (χ0n) is 7.67. The Hall–Kier alpha value is -0.830. The fourth-order valence-electron chi connectivity index (χ4n) is 0.601. The maximum Gasteiger partial charge on any atom is 0.331 e. The van der Waals surface area contributed by atoms with Crippen molar-refractivity contribution in [1.82, 2.24) is 0 Å². The molecule has 12 heavy (non-hydrogen) atoms. The monoisotopic (exact) mass is 172 g/mol. The Labute approximate surface area is 73.0 Å². The van der Waals surface area contributed by atoms with Crippen LogP contribution in [0.1, 0.15) is 26.7 Å². The molecule has 0 aliphatic rings. The lowest BCUT2D eigenvalue weighted by molar-refractivity contribution is -0.132. The molecule has 0 rings (SSSR count). The molecule has 0 aromatic heterocycles. The maximum atomic E-state index is 10.3. The lowest BCUT2D eigenvalue weighted by Crippen LogP contribution is -1.99. The number of ether oxygens (including phenoxy) is 1. The Kier molecular flexibility index (Phi) is 6.38. The highest BCUT2D eigenvalue weighted by molar-refractivity contribution is 5.85. The molecule has 0 fully saturated rings. The van der Waals surface area contributed by atoms with E-state index in [0.29, 0.717) is 18.8 Å². The predicted octanol–water partition coefficient (Wildman–Crippen LogP) is 1.83. The number of hydrogen-bond acceptors (Lipinski definition) is 2. The molecular formula is C9H16O3. The van der Waals surface area contributed by atoms with Crippen LogP contribution in [-0.2, 0) is 9.53 Å². The van der Waals surface area contributed by atoms with E-state index < -0.39 is 5.97 Å². The molecule has 0 radical (unpaired) electrons. The molecule has 70 valence electrons. The molecule has 0 aromatic carbocycles. The van der Waals surface area contributed by atoms with Gasteiger partial charge in [0.25, 0.3) is 0 Å². The summed E-state index contributed by atoms with van der Waals surface area (Å²) in [5, 5.41) is 8.46. The molecule has 0 unspecified atom stereocenters. The average molecular weight is 172 g/mol. The van der Waals surface area contributed by atoms with Crippen molar-refractivity contribution in [2.24, 2.45) is 0 Å². The van der Waals surface area contributed by atoms with Gasteiger partial charge in [-0.1, -0.05) is 13.3 Å². The summed E-state index contributed by atoms with van der Waals surface area (Å²) in [6.07, 6.45) is 3.71. The highest BCUT2D eigenvalue weighted by Crippen LogP contribution is 1.93. The predicted molar refractivity (Wildman–Crippen MR) is 47.1 cm³/mol. The van der Waals surface area contributed by atoms with Gasteiger partial charge in [0.1, 0.15) is 0 Å². The van der Waals surface area contributed by atoms with Gasteiger partial charge in [-0.2, -0.15) is 0 Å². The molecular weight excluding hydrogens is 156 g/mol. The second-order valence-electron chi connectivity index (χ2n) is 2.62. The van der Waals surface area contributed by atoms with Gasteiger partial charge in [-0.15, -0.1) is 0 Å². The number of unbranched alkanes of at least 4 members (excludes halogenated alkanes) is 1. The quantitative estimate of drug-likeness (QED) is 0.491. The largest absolute Gasteiger partial charge is 0.478 e. The number of rotatable bonds is 6. The number of hydrogen-bond donors (Lipinski definition) is 1. The van der Waals surface area contributed by atoms with Gasteiger partial charge < -0.3 is 9.84 Å². The highest BCUT2D eigenvalue weighted by Gasteiger charge is 1.97. The van der Waals surface area contributed by atoms with E-state index in [9.17, 15) is 4.79 Å². The van der Waals surface area contributed by atoms with Gasteiger partial charge in [0, 0.05) is 12.2 Å². The van der Waals surface area contributed by atoms with E-state index in [2.05, 4.69) is 6.92 Å². The van der Waals surface area contributed by atoms with Crippen molar-refractivity contribution < 1.29 is 14.6 Å². The van der Waals surface area contributed by atoms with Crippen LogP contribution >= 0.6 is 0 Å². The minimum Gasteiger partial charge on any atom is -0.478 e. The van der Waals surface area contributed by atoms with Crippen LogP contribution < -0.4 is 0 Å². The summed E-state index contributed by atoms with van der Waals surface area (Å²) < 4.78 is 5.16. The minimum absolute atomic E-state index is 0.339. The van der Waals surface area contributed by atoms with Gasteiger partial charge in [0.2, 0.25) is 0 Å². The molecule has 0 amide bonds. The van der Waals surface area contributed by atoms with Crippen LogP contribution in [0.5, 0.6) is 0 Å². The SMILES string of the molecule is CCCCOC/C=C(\C)C(=O)O. The van der Waals surface area contributed by atoms with E-state index in [1.54, 1.807) is 13.0 Å². The number of aliphatic carboxylic acids is 1. The summed E-state index contributed by atoms with van der Waals surface area (Å²) in [6.45, 7) is 4.76. The molecule has 0 saturated heterocycles. The molecule has 3 nitrogen and oxygen atoms in total. The van der Waals surface area contributed by atoms with Crippen molar-refractivity contribution in [3.63, 3.8) is 0 Å². The third kappa shape index (κ3) is 5.92. The average Bonchev–Trinajstić information content (AvgIpc) is 2.03. The molecule has 0 heterocycles. The van der Waals surface area contributed by atoms with Crippen molar-refractivity contribution in [2.45, 2.75) is 26.7 Å². The second kappa shape index (κ2) is 6.85. The maximum absolute atomic E-state index is 10.3. The summed E-state index contributed by atoms with van der Waals surface area (Å²) in [7, 11) is 0. The van der Waals surface area contributed by atoms with Gasteiger partial charge in [0.05, 0.1) is 6.61 Å². The molecule has 3 heteroatoms. The van der Waals surface area contributed by atoms with Crippen LogP contribution in [0.25, 0.3) is 0 Å². The first-order valence-corrected chi connectivity index (χ1v) is 4.16. The third-order valence-corrected chi connectivity index (χ3v) is 1.49. The fraction of sp³-hybridized carbons (Fsp3) is 0.667. The minimum atomic E-state index is -0.880. The number of carboxylic acid groups (broad SMARTS) is 1. The summed E-state index contributed by atoms with van der Waals surface area (Å²) in [4.78, 5) is 10.3. The van der Waals surface area contributed by atoms with Gasteiger partial charge in [-0.05, 0) is 19.4 Å². The molecule has 0 aliphatic heterocycles. The lowest BCUT2D eigenvalue weighted by atomic mass is 10.3. The normalized spacial score (nSPS) is 11.7. The van der Waals surface area contributed by atoms with E-state index in [4.69, 9.17) is 9.84 Å². The van der Waals surface area contributed by atoms with Gasteiger partial charge in [0.15, 0.2) is 0 Å². The van der Waals surface area contributed by atoms with Crippen molar-refractivity contribution in [3.05, 3.63) is 11.6 Å². The van der Waals surface area contributed by atoms with E-state index in [0.717, 1.165) is 12.8 Å². The first kappa shape index (κ1) is 11.2. The van der Waals surface area contributed by atoms with Crippen molar-refractivity contribution in [3.8, 4) is 0 Å². The zero-order chi connectivity index (χ0) is 9.40. The van der Waals surface area contributed by atoms with Crippen LogP contribution in [0, 0.1) is 0 Å². The smallest absolute Gasteiger partial charge is 0.331 e. The molecule has 0 aliphatic carbocycles. The summed E-state index contributed by atoms with van der Waals surface area (Å²) >= 11 is 0. The second-order valence-corrected chi connectivity index (χ2v) is 2.62. The Morgan fingerprint density at radius 1 is 1.58 bits per heavy atom. The number of carboxylic acids is 1. The van der Waals surface area contributed by atoms with E-state index in [1.807, 2.05) is 0 Å². The topological polar surface area (TPSA) is 46.5 Å². The highest BCUT2D eigenvalue weighted by atomic mass is 16.5. The summed E-state index contributed by atoms with van der Waals surface area (Å²) in [5.41, 5.74) is 0.339. The van der Waals surface area contributed by atoms with Gasteiger partial charge in [-0.3, -0.25) is 0 Å². The molecule has 0 saturated carbocycles. The van der Waals surface area contributed by atoms with Crippen molar-refractivity contribution in [2.75, 3.05) is 13.2 Å². The first-order chi connectivity index (χ1) is 5.68. The Balaban J connectivity index is 3.40. The Bertz CT molecular complexity index is 161. The first-order valence-electron chi connectivity index (χ1n) is 4.16. The van der Waals surface area contributed by atoms with Crippen molar-refractivity contribution in [1.29, 1.82) is 0 Å². The van der Waals surface area contributed by atoms with Crippen LogP contribution in [-0.4, -0.2) is 24.3 Å². The van der Waals surface area contributed by atoms with Crippen molar-refractivity contribution >= 4 is 5.97 Å².